The second kappa shape index (κ2) is 7.04. The predicted octanol–water partition coefficient (Wildman–Crippen LogP) is 2.68. The van der Waals surface area contributed by atoms with E-state index in [0.29, 0.717) is 12.1 Å². The Morgan fingerprint density at radius 2 is 1.60 bits per heavy atom. The molecule has 0 fully saturated rings. The first-order valence-corrected chi connectivity index (χ1v) is 9.27. The molecule has 0 unspecified atom stereocenters. The van der Waals surface area contributed by atoms with Gasteiger partial charge in [0, 0.05) is 12.1 Å². The lowest BCUT2D eigenvalue weighted by molar-refractivity contribution is 0.0951. The Balaban J connectivity index is 1.69. The average Bonchev–Trinajstić information content (AvgIpc) is 2.66. The minimum Gasteiger partial charge on any atom is -0.348 e. The largest absolute Gasteiger partial charge is 0.348 e. The molecule has 128 valence electrons. The van der Waals surface area contributed by atoms with Crippen LogP contribution in [0.25, 0.3) is 10.8 Å². The maximum atomic E-state index is 12.2. The van der Waals surface area contributed by atoms with E-state index in [1.807, 2.05) is 42.5 Å². The van der Waals surface area contributed by atoms with E-state index in [9.17, 15) is 13.2 Å². The fourth-order valence-electron chi connectivity index (χ4n) is 2.54. The molecule has 0 atom stereocenters. The average molecular weight is 354 g/mol. The summed E-state index contributed by atoms with van der Waals surface area (Å²) in [5, 5.41) is 5.12. The molecule has 0 saturated heterocycles. The van der Waals surface area contributed by atoms with Gasteiger partial charge < -0.3 is 5.32 Å². The molecule has 2 N–H and O–H groups in total. The van der Waals surface area contributed by atoms with E-state index >= 15 is 0 Å². The number of benzene rings is 3. The van der Waals surface area contributed by atoms with Crippen LogP contribution in [0.1, 0.15) is 15.9 Å². The van der Waals surface area contributed by atoms with Gasteiger partial charge in [0.25, 0.3) is 5.91 Å². The van der Waals surface area contributed by atoms with E-state index in [1.165, 1.54) is 31.3 Å². The highest BCUT2D eigenvalue weighted by atomic mass is 32.2. The molecule has 0 saturated carbocycles. The van der Waals surface area contributed by atoms with Gasteiger partial charge in [0.05, 0.1) is 4.90 Å². The van der Waals surface area contributed by atoms with Gasteiger partial charge in [-0.3, -0.25) is 4.79 Å². The van der Waals surface area contributed by atoms with Gasteiger partial charge in [-0.25, -0.2) is 13.1 Å². The molecule has 25 heavy (non-hydrogen) atoms. The van der Waals surface area contributed by atoms with Crippen molar-refractivity contribution < 1.29 is 13.2 Å². The SMILES string of the molecule is CNS(=O)(=O)c1ccc(C(=O)NCc2ccc3ccccc3c2)cc1. The Hall–Kier alpha value is -2.70. The van der Waals surface area contributed by atoms with Gasteiger partial charge in [-0.05, 0) is 53.7 Å². The summed E-state index contributed by atoms with van der Waals surface area (Å²) in [6, 6.07) is 19.9. The molecule has 0 aliphatic heterocycles. The predicted molar refractivity (Wildman–Crippen MR) is 97.8 cm³/mol. The Labute approximate surface area is 146 Å². The second-order valence-electron chi connectivity index (χ2n) is 5.60. The van der Waals surface area contributed by atoms with Crippen LogP contribution in [0.5, 0.6) is 0 Å². The highest BCUT2D eigenvalue weighted by molar-refractivity contribution is 7.89. The monoisotopic (exact) mass is 354 g/mol. The van der Waals surface area contributed by atoms with Crippen molar-refractivity contribution in [2.75, 3.05) is 7.05 Å². The molecule has 0 aromatic heterocycles. The third-order valence-electron chi connectivity index (χ3n) is 3.96. The second-order valence-corrected chi connectivity index (χ2v) is 7.48. The summed E-state index contributed by atoms with van der Waals surface area (Å²) in [6.45, 7) is 0.403. The van der Waals surface area contributed by atoms with Crippen molar-refractivity contribution in [2.45, 2.75) is 11.4 Å². The van der Waals surface area contributed by atoms with Gasteiger partial charge in [-0.2, -0.15) is 0 Å². The molecule has 1 amide bonds. The van der Waals surface area contributed by atoms with E-state index < -0.39 is 10.0 Å². The quantitative estimate of drug-likeness (QED) is 0.740. The van der Waals surface area contributed by atoms with Crippen LogP contribution in [0.15, 0.2) is 71.6 Å². The fraction of sp³-hybridized carbons (Fsp3) is 0.105. The number of nitrogens with one attached hydrogen (secondary N) is 2. The molecular weight excluding hydrogens is 336 g/mol. The molecule has 0 aliphatic carbocycles. The number of hydrogen-bond donors (Lipinski definition) is 2. The van der Waals surface area contributed by atoms with E-state index in [0.717, 1.165) is 16.3 Å². The summed E-state index contributed by atoms with van der Waals surface area (Å²) in [6.07, 6.45) is 0. The van der Waals surface area contributed by atoms with Crippen LogP contribution < -0.4 is 10.0 Å². The molecule has 3 rings (SSSR count). The fourth-order valence-corrected chi connectivity index (χ4v) is 3.27. The Kier molecular flexibility index (Phi) is 4.83. The zero-order valence-electron chi connectivity index (χ0n) is 13.7. The van der Waals surface area contributed by atoms with Crippen LogP contribution in [0.2, 0.25) is 0 Å². The third kappa shape index (κ3) is 3.87. The first kappa shape index (κ1) is 17.1. The van der Waals surface area contributed by atoms with Gasteiger partial charge in [-0.15, -0.1) is 0 Å². The lowest BCUT2D eigenvalue weighted by atomic mass is 10.1. The van der Waals surface area contributed by atoms with Crippen LogP contribution in [-0.4, -0.2) is 21.4 Å². The molecular formula is C19H18N2O3S. The summed E-state index contributed by atoms with van der Waals surface area (Å²) >= 11 is 0. The molecule has 0 radical (unpaired) electrons. The smallest absolute Gasteiger partial charge is 0.251 e. The van der Waals surface area contributed by atoms with Crippen LogP contribution in [0.3, 0.4) is 0 Å². The minimum atomic E-state index is -3.50. The highest BCUT2D eigenvalue weighted by Gasteiger charge is 2.12. The first-order valence-electron chi connectivity index (χ1n) is 7.79. The van der Waals surface area contributed by atoms with Gasteiger partial charge in [-0.1, -0.05) is 36.4 Å². The Morgan fingerprint density at radius 1 is 0.920 bits per heavy atom. The van der Waals surface area contributed by atoms with Crippen molar-refractivity contribution in [3.05, 3.63) is 77.9 Å². The number of carbonyl (C=O) groups is 1. The molecule has 0 aliphatic rings. The summed E-state index contributed by atoms with van der Waals surface area (Å²) in [5.41, 5.74) is 1.41. The molecule has 5 nitrogen and oxygen atoms in total. The number of fused-ring (bicyclic) bond motifs is 1. The summed E-state index contributed by atoms with van der Waals surface area (Å²) in [5.74, 6) is -0.249. The minimum absolute atomic E-state index is 0.126. The normalized spacial score (nSPS) is 11.4. The highest BCUT2D eigenvalue weighted by Crippen LogP contribution is 2.16. The number of rotatable bonds is 5. The molecule has 0 heterocycles. The van der Waals surface area contributed by atoms with E-state index in [2.05, 4.69) is 10.0 Å². The van der Waals surface area contributed by atoms with Gasteiger partial charge in [0.15, 0.2) is 0 Å². The lowest BCUT2D eigenvalue weighted by Crippen LogP contribution is -2.23. The third-order valence-corrected chi connectivity index (χ3v) is 5.39. The summed E-state index contributed by atoms with van der Waals surface area (Å²) < 4.78 is 25.6. The van der Waals surface area contributed by atoms with Crippen LogP contribution >= 0.6 is 0 Å². The summed E-state index contributed by atoms with van der Waals surface area (Å²) in [7, 11) is -2.15. The van der Waals surface area contributed by atoms with Crippen molar-refractivity contribution in [1.29, 1.82) is 0 Å². The van der Waals surface area contributed by atoms with Gasteiger partial charge in [0.1, 0.15) is 0 Å². The maximum Gasteiger partial charge on any atom is 0.251 e. The first-order chi connectivity index (χ1) is 12.0. The van der Waals surface area contributed by atoms with Crippen molar-refractivity contribution in [2.24, 2.45) is 0 Å². The van der Waals surface area contributed by atoms with Crippen molar-refractivity contribution in [3.63, 3.8) is 0 Å². The molecule has 0 spiro atoms. The Morgan fingerprint density at radius 3 is 2.28 bits per heavy atom. The maximum absolute atomic E-state index is 12.2. The standard InChI is InChI=1S/C19H18N2O3S/c1-20-25(23,24)18-10-8-16(9-11-18)19(22)21-13-14-6-7-15-4-2-3-5-17(15)12-14/h2-12,20H,13H2,1H3,(H,21,22). The number of amides is 1. The summed E-state index contributed by atoms with van der Waals surface area (Å²) in [4.78, 5) is 12.4. The van der Waals surface area contributed by atoms with E-state index in [1.54, 1.807) is 0 Å². The van der Waals surface area contributed by atoms with E-state index in [-0.39, 0.29) is 10.8 Å². The van der Waals surface area contributed by atoms with Crippen LogP contribution in [-0.2, 0) is 16.6 Å². The Bertz CT molecular complexity index is 1010. The van der Waals surface area contributed by atoms with Crippen LogP contribution in [0, 0.1) is 0 Å². The zero-order chi connectivity index (χ0) is 17.9. The van der Waals surface area contributed by atoms with Crippen molar-refractivity contribution in [3.8, 4) is 0 Å². The number of hydrogen-bond acceptors (Lipinski definition) is 3. The molecule has 0 bridgehead atoms. The topological polar surface area (TPSA) is 75.3 Å². The molecule has 3 aromatic carbocycles. The van der Waals surface area contributed by atoms with Crippen molar-refractivity contribution in [1.82, 2.24) is 10.0 Å². The number of carbonyl (C=O) groups excluding carboxylic acids is 1. The van der Waals surface area contributed by atoms with Crippen LogP contribution in [0.4, 0.5) is 0 Å². The lowest BCUT2D eigenvalue weighted by Gasteiger charge is -2.08. The molecule has 6 heteroatoms. The zero-order valence-corrected chi connectivity index (χ0v) is 14.5. The van der Waals surface area contributed by atoms with E-state index in [4.69, 9.17) is 0 Å². The van der Waals surface area contributed by atoms with Gasteiger partial charge in [0.2, 0.25) is 10.0 Å². The van der Waals surface area contributed by atoms with Gasteiger partial charge >= 0.3 is 0 Å². The molecule has 3 aromatic rings. The number of sulfonamides is 1. The van der Waals surface area contributed by atoms with Crippen molar-refractivity contribution >= 4 is 26.7 Å².